The fraction of sp³-hybridized carbons (Fsp3) is 0.400. The smallest absolute Gasteiger partial charge is 0.0342 e. The molecule has 0 amide bonds. The Morgan fingerprint density at radius 2 is 1.68 bits per heavy atom. The summed E-state index contributed by atoms with van der Waals surface area (Å²) < 4.78 is 0. The highest BCUT2D eigenvalue weighted by Gasteiger charge is 2.25. The number of nitrogens with one attached hydrogen (secondary N) is 1. The average molecular weight is 294 g/mol. The van der Waals surface area contributed by atoms with Crippen molar-refractivity contribution in [3.8, 4) is 0 Å². The summed E-state index contributed by atoms with van der Waals surface area (Å²) in [5, 5.41) is 3.70. The molecule has 2 heteroatoms. The molecule has 0 bridgehead atoms. The summed E-state index contributed by atoms with van der Waals surface area (Å²) in [6, 6.07) is 22.0. The third-order valence-corrected chi connectivity index (χ3v) is 4.67. The van der Waals surface area contributed by atoms with Crippen molar-refractivity contribution in [2.45, 2.75) is 25.8 Å². The van der Waals surface area contributed by atoms with Gasteiger partial charge in [-0.05, 0) is 36.5 Å². The number of nitrogens with zero attached hydrogens (tertiary/aromatic N) is 1. The number of piperidine rings is 1. The second-order valence-corrected chi connectivity index (χ2v) is 6.42. The number of benzene rings is 2. The number of para-hydroxylation sites is 1. The molecular formula is C20H26N2. The molecule has 0 aliphatic carbocycles. The minimum atomic E-state index is 0.593. The largest absolute Gasteiger partial charge is 0.382 e. The molecule has 22 heavy (non-hydrogen) atoms. The van der Waals surface area contributed by atoms with Crippen LogP contribution < -0.4 is 5.32 Å². The Labute approximate surface area is 134 Å². The second-order valence-electron chi connectivity index (χ2n) is 6.42. The van der Waals surface area contributed by atoms with Crippen molar-refractivity contribution in [1.29, 1.82) is 0 Å². The predicted octanol–water partition coefficient (Wildman–Crippen LogP) is 4.05. The van der Waals surface area contributed by atoms with Crippen LogP contribution in [0.25, 0.3) is 0 Å². The molecule has 2 aromatic rings. The summed E-state index contributed by atoms with van der Waals surface area (Å²) >= 11 is 0. The quantitative estimate of drug-likeness (QED) is 0.895. The Kier molecular flexibility index (Phi) is 5.12. The van der Waals surface area contributed by atoms with Crippen LogP contribution in [0.2, 0.25) is 0 Å². The van der Waals surface area contributed by atoms with Crippen molar-refractivity contribution in [1.82, 2.24) is 4.90 Å². The van der Waals surface area contributed by atoms with E-state index in [1.54, 1.807) is 0 Å². The van der Waals surface area contributed by atoms with Gasteiger partial charge in [0, 0.05) is 31.4 Å². The lowest BCUT2D eigenvalue weighted by molar-refractivity contribution is 0.173. The Bertz CT molecular complexity index is 552. The molecule has 3 rings (SSSR count). The monoisotopic (exact) mass is 294 g/mol. The zero-order valence-corrected chi connectivity index (χ0v) is 13.4. The van der Waals surface area contributed by atoms with Crippen LogP contribution in [-0.4, -0.2) is 30.6 Å². The summed E-state index contributed by atoms with van der Waals surface area (Å²) in [5.74, 6) is 0.685. The van der Waals surface area contributed by atoms with Crippen LogP contribution in [-0.2, 0) is 6.42 Å². The Balaban J connectivity index is 1.47. The highest BCUT2D eigenvalue weighted by Crippen LogP contribution is 2.21. The van der Waals surface area contributed by atoms with Crippen molar-refractivity contribution in [2.75, 3.05) is 25.0 Å². The van der Waals surface area contributed by atoms with Crippen LogP contribution in [0.5, 0.6) is 0 Å². The van der Waals surface area contributed by atoms with Crippen molar-refractivity contribution >= 4 is 5.69 Å². The summed E-state index contributed by atoms with van der Waals surface area (Å²) in [4.78, 5) is 2.61. The third-order valence-electron chi connectivity index (χ3n) is 4.67. The molecule has 0 spiro atoms. The van der Waals surface area contributed by atoms with Gasteiger partial charge >= 0.3 is 0 Å². The molecule has 1 fully saturated rings. The highest BCUT2D eigenvalue weighted by atomic mass is 15.1. The number of anilines is 1. The van der Waals surface area contributed by atoms with E-state index < -0.39 is 0 Å². The van der Waals surface area contributed by atoms with E-state index in [4.69, 9.17) is 0 Å². The lowest BCUT2D eigenvalue weighted by Crippen LogP contribution is -2.45. The molecule has 0 saturated carbocycles. The normalized spacial score (nSPS) is 22.4. The van der Waals surface area contributed by atoms with Gasteiger partial charge in [0.15, 0.2) is 0 Å². The van der Waals surface area contributed by atoms with Crippen LogP contribution >= 0.6 is 0 Å². The number of rotatable bonds is 5. The lowest BCUT2D eigenvalue weighted by Gasteiger charge is -2.37. The molecule has 2 atom stereocenters. The van der Waals surface area contributed by atoms with Crippen LogP contribution in [0.3, 0.4) is 0 Å². The lowest BCUT2D eigenvalue weighted by atomic mass is 9.93. The molecule has 116 valence electrons. The van der Waals surface area contributed by atoms with E-state index in [0.29, 0.717) is 12.0 Å². The van der Waals surface area contributed by atoms with E-state index in [2.05, 4.69) is 77.8 Å². The van der Waals surface area contributed by atoms with Crippen LogP contribution in [0.15, 0.2) is 60.7 Å². The number of hydrogen-bond acceptors (Lipinski definition) is 2. The van der Waals surface area contributed by atoms with Crippen molar-refractivity contribution in [2.24, 2.45) is 5.92 Å². The van der Waals surface area contributed by atoms with Crippen LogP contribution in [0.1, 0.15) is 18.9 Å². The van der Waals surface area contributed by atoms with Gasteiger partial charge in [-0.15, -0.1) is 0 Å². The van der Waals surface area contributed by atoms with Gasteiger partial charge in [0.2, 0.25) is 0 Å². The molecule has 1 aliphatic rings. The highest BCUT2D eigenvalue weighted by molar-refractivity contribution is 5.43. The predicted molar refractivity (Wildman–Crippen MR) is 94.2 cm³/mol. The van der Waals surface area contributed by atoms with Gasteiger partial charge in [-0.1, -0.05) is 55.5 Å². The molecule has 1 heterocycles. The number of hydrogen-bond donors (Lipinski definition) is 1. The first-order chi connectivity index (χ1) is 10.8. The fourth-order valence-electron chi connectivity index (χ4n) is 3.33. The van der Waals surface area contributed by atoms with E-state index >= 15 is 0 Å². The number of likely N-dealkylation sites (tertiary alicyclic amines) is 1. The zero-order valence-electron chi connectivity index (χ0n) is 13.4. The summed E-state index contributed by atoms with van der Waals surface area (Å²) in [6.07, 6.45) is 2.38. The van der Waals surface area contributed by atoms with Crippen molar-refractivity contribution < 1.29 is 0 Å². The second kappa shape index (κ2) is 7.46. The van der Waals surface area contributed by atoms with Crippen LogP contribution in [0.4, 0.5) is 5.69 Å². The molecule has 2 nitrogen and oxygen atoms in total. The first-order valence-electron chi connectivity index (χ1n) is 8.39. The van der Waals surface area contributed by atoms with Gasteiger partial charge in [-0.3, -0.25) is 0 Å². The topological polar surface area (TPSA) is 15.3 Å². The van der Waals surface area contributed by atoms with Gasteiger partial charge < -0.3 is 10.2 Å². The fourth-order valence-corrected chi connectivity index (χ4v) is 3.33. The summed E-state index contributed by atoms with van der Waals surface area (Å²) in [5.41, 5.74) is 2.69. The van der Waals surface area contributed by atoms with Crippen molar-refractivity contribution in [3.05, 3.63) is 66.2 Å². The maximum absolute atomic E-state index is 3.70. The van der Waals surface area contributed by atoms with Crippen molar-refractivity contribution in [3.63, 3.8) is 0 Å². The van der Waals surface area contributed by atoms with E-state index in [1.807, 2.05) is 0 Å². The molecule has 0 aromatic heterocycles. The average Bonchev–Trinajstić information content (AvgIpc) is 2.57. The van der Waals surface area contributed by atoms with Gasteiger partial charge in [-0.2, -0.15) is 0 Å². The first-order valence-corrected chi connectivity index (χ1v) is 8.39. The Morgan fingerprint density at radius 3 is 2.36 bits per heavy atom. The van der Waals surface area contributed by atoms with E-state index in [1.165, 1.54) is 37.3 Å². The molecule has 1 saturated heterocycles. The van der Waals surface area contributed by atoms with E-state index in [9.17, 15) is 0 Å². The van der Waals surface area contributed by atoms with E-state index in [-0.39, 0.29) is 0 Å². The molecule has 0 radical (unpaired) electrons. The van der Waals surface area contributed by atoms with Gasteiger partial charge in [-0.25, -0.2) is 0 Å². The zero-order chi connectivity index (χ0) is 15.2. The molecular weight excluding hydrogens is 268 g/mol. The SMILES string of the molecule is C[C@H]1CN(CCc2ccccc2)CC[C@@H]1Nc1ccccc1. The molecule has 1 aliphatic heterocycles. The third kappa shape index (κ3) is 4.11. The van der Waals surface area contributed by atoms with Gasteiger partial charge in [0.25, 0.3) is 0 Å². The van der Waals surface area contributed by atoms with E-state index in [0.717, 1.165) is 6.42 Å². The summed E-state index contributed by atoms with van der Waals surface area (Å²) in [7, 11) is 0. The maximum Gasteiger partial charge on any atom is 0.0342 e. The minimum absolute atomic E-state index is 0.593. The van der Waals surface area contributed by atoms with Crippen LogP contribution in [0, 0.1) is 5.92 Å². The summed E-state index contributed by atoms with van der Waals surface area (Å²) in [6.45, 7) is 5.93. The molecule has 1 N–H and O–H groups in total. The Hall–Kier alpha value is -1.80. The first kappa shape index (κ1) is 15.1. The van der Waals surface area contributed by atoms with Gasteiger partial charge in [0.05, 0.1) is 0 Å². The molecule has 2 aromatic carbocycles. The Morgan fingerprint density at radius 1 is 1.00 bits per heavy atom. The molecule has 0 unspecified atom stereocenters. The van der Waals surface area contributed by atoms with Gasteiger partial charge in [0.1, 0.15) is 0 Å². The standard InChI is InChI=1S/C20H26N2/c1-17-16-22(14-12-18-8-4-2-5-9-18)15-13-20(17)21-19-10-6-3-7-11-19/h2-11,17,20-21H,12-16H2,1H3/t17-,20-/m0/s1. The minimum Gasteiger partial charge on any atom is -0.382 e. The maximum atomic E-state index is 3.70.